The van der Waals surface area contributed by atoms with Crippen LogP contribution in [0.3, 0.4) is 0 Å². The van der Waals surface area contributed by atoms with Crippen LogP contribution < -0.4 is 10.6 Å². The van der Waals surface area contributed by atoms with Crippen LogP contribution in [0, 0.1) is 5.92 Å². The molecule has 5 heteroatoms. The maximum absolute atomic E-state index is 12.0. The van der Waals surface area contributed by atoms with Crippen molar-refractivity contribution in [2.24, 2.45) is 5.92 Å². The maximum atomic E-state index is 12.0. The number of hydrogen-bond acceptors (Lipinski definition) is 3. The van der Waals surface area contributed by atoms with E-state index in [1.807, 2.05) is 4.68 Å². The Morgan fingerprint density at radius 3 is 2.85 bits per heavy atom. The second kappa shape index (κ2) is 5.56. The molecule has 5 nitrogen and oxygen atoms in total. The molecule has 1 atom stereocenters. The Kier molecular flexibility index (Phi) is 3.78. The van der Waals surface area contributed by atoms with E-state index in [4.69, 9.17) is 0 Å². The molecule has 20 heavy (non-hydrogen) atoms. The largest absolute Gasteiger partial charge is 0.354 e. The van der Waals surface area contributed by atoms with Crippen LogP contribution in [0.1, 0.15) is 47.9 Å². The van der Waals surface area contributed by atoms with Crippen molar-refractivity contribution in [1.82, 2.24) is 20.4 Å². The number of rotatable bonds is 5. The number of aromatic nitrogens is 2. The van der Waals surface area contributed by atoms with Crippen LogP contribution in [0.5, 0.6) is 0 Å². The van der Waals surface area contributed by atoms with Gasteiger partial charge in [-0.05, 0) is 51.5 Å². The molecule has 2 aliphatic carbocycles. The zero-order chi connectivity index (χ0) is 14.1. The van der Waals surface area contributed by atoms with Crippen molar-refractivity contribution in [3.05, 3.63) is 17.0 Å². The van der Waals surface area contributed by atoms with Gasteiger partial charge in [-0.3, -0.25) is 9.48 Å². The third kappa shape index (κ3) is 2.59. The van der Waals surface area contributed by atoms with Crippen LogP contribution in [-0.2, 0) is 19.4 Å². The number of fused-ring (bicyclic) bond motifs is 1. The summed E-state index contributed by atoms with van der Waals surface area (Å²) in [5, 5.41) is 10.9. The van der Waals surface area contributed by atoms with Crippen LogP contribution in [0.2, 0.25) is 0 Å². The lowest BCUT2D eigenvalue weighted by Gasteiger charge is -2.24. The highest BCUT2D eigenvalue weighted by molar-refractivity contribution is 5.93. The molecule has 110 valence electrons. The summed E-state index contributed by atoms with van der Waals surface area (Å²) >= 11 is 0. The van der Waals surface area contributed by atoms with Gasteiger partial charge in [-0.25, -0.2) is 0 Å². The quantitative estimate of drug-likeness (QED) is 0.847. The van der Waals surface area contributed by atoms with Gasteiger partial charge in [0.05, 0.1) is 0 Å². The topological polar surface area (TPSA) is 59.0 Å². The van der Waals surface area contributed by atoms with Crippen molar-refractivity contribution in [2.45, 2.75) is 51.6 Å². The molecule has 2 aliphatic rings. The molecule has 1 unspecified atom stereocenters. The van der Waals surface area contributed by atoms with Gasteiger partial charge in [-0.1, -0.05) is 0 Å². The number of nitrogens with zero attached hydrogens (tertiary/aromatic N) is 2. The van der Waals surface area contributed by atoms with Gasteiger partial charge >= 0.3 is 0 Å². The fraction of sp³-hybridized carbons (Fsp3) is 0.733. The van der Waals surface area contributed by atoms with E-state index in [0.29, 0.717) is 11.7 Å². The lowest BCUT2D eigenvalue weighted by molar-refractivity contribution is 0.0956. The van der Waals surface area contributed by atoms with E-state index >= 15 is 0 Å². The summed E-state index contributed by atoms with van der Waals surface area (Å²) in [6.45, 7) is 4.05. The molecule has 3 rings (SSSR count). The average Bonchev–Trinajstić information content (AvgIpc) is 3.24. The van der Waals surface area contributed by atoms with Crippen molar-refractivity contribution in [3.63, 3.8) is 0 Å². The van der Waals surface area contributed by atoms with Crippen molar-refractivity contribution in [1.29, 1.82) is 0 Å². The molecule has 2 N–H and O–H groups in total. The van der Waals surface area contributed by atoms with E-state index < -0.39 is 0 Å². The highest BCUT2D eigenvalue weighted by atomic mass is 16.1. The molecule has 1 amide bonds. The van der Waals surface area contributed by atoms with Crippen LogP contribution >= 0.6 is 0 Å². The molecular weight excluding hydrogens is 252 g/mol. The Morgan fingerprint density at radius 2 is 2.20 bits per heavy atom. The van der Waals surface area contributed by atoms with E-state index in [9.17, 15) is 4.79 Å². The van der Waals surface area contributed by atoms with Gasteiger partial charge in [0.15, 0.2) is 5.69 Å². The monoisotopic (exact) mass is 276 g/mol. The Labute approximate surface area is 120 Å². The molecule has 0 bridgehead atoms. The molecule has 0 saturated heterocycles. The van der Waals surface area contributed by atoms with Crippen LogP contribution in [0.15, 0.2) is 0 Å². The zero-order valence-corrected chi connectivity index (χ0v) is 12.4. The Hall–Kier alpha value is -1.36. The minimum Gasteiger partial charge on any atom is -0.354 e. The molecule has 0 radical (unpaired) electrons. The van der Waals surface area contributed by atoms with E-state index in [-0.39, 0.29) is 5.91 Å². The third-order valence-electron chi connectivity index (χ3n) is 4.48. The molecular formula is C15H24N4O. The second-order valence-corrected chi connectivity index (χ2v) is 5.96. The number of amides is 1. The smallest absolute Gasteiger partial charge is 0.271 e. The normalized spacial score (nSPS) is 21.6. The molecule has 1 fully saturated rings. The van der Waals surface area contributed by atoms with Gasteiger partial charge in [0, 0.05) is 30.9 Å². The van der Waals surface area contributed by atoms with E-state index in [1.54, 1.807) is 7.05 Å². The molecule has 1 saturated carbocycles. The number of hydrogen-bond donors (Lipinski definition) is 2. The van der Waals surface area contributed by atoms with Gasteiger partial charge in [-0.2, -0.15) is 5.10 Å². The second-order valence-electron chi connectivity index (χ2n) is 5.96. The SMILES string of the molecule is CCn1nc(C(=O)NC)c2c1CCC(NCC1CC1)C2. The predicted octanol–water partition coefficient (Wildman–Crippen LogP) is 1.12. The van der Waals surface area contributed by atoms with Crippen molar-refractivity contribution < 1.29 is 4.79 Å². The summed E-state index contributed by atoms with van der Waals surface area (Å²) < 4.78 is 2.00. The highest BCUT2D eigenvalue weighted by Crippen LogP contribution is 2.29. The van der Waals surface area contributed by atoms with Gasteiger partial charge in [0.2, 0.25) is 0 Å². The Bertz CT molecular complexity index is 504. The number of aryl methyl sites for hydroxylation is 1. The summed E-state index contributed by atoms with van der Waals surface area (Å²) in [5.74, 6) is 0.837. The Balaban J connectivity index is 1.78. The van der Waals surface area contributed by atoms with Gasteiger partial charge in [0.25, 0.3) is 5.91 Å². The van der Waals surface area contributed by atoms with Crippen LogP contribution in [0.25, 0.3) is 0 Å². The fourth-order valence-corrected chi connectivity index (χ4v) is 3.08. The van der Waals surface area contributed by atoms with Crippen LogP contribution in [0.4, 0.5) is 0 Å². The van der Waals surface area contributed by atoms with Crippen LogP contribution in [-0.4, -0.2) is 35.3 Å². The average molecular weight is 276 g/mol. The summed E-state index contributed by atoms with van der Waals surface area (Å²) in [4.78, 5) is 12.0. The highest BCUT2D eigenvalue weighted by Gasteiger charge is 2.29. The molecule has 1 heterocycles. The summed E-state index contributed by atoms with van der Waals surface area (Å²) in [6, 6.07) is 0.501. The van der Waals surface area contributed by atoms with Crippen molar-refractivity contribution >= 4 is 5.91 Å². The fourth-order valence-electron chi connectivity index (χ4n) is 3.08. The number of carbonyl (C=O) groups excluding carboxylic acids is 1. The van der Waals surface area contributed by atoms with Gasteiger partial charge in [0.1, 0.15) is 0 Å². The molecule has 0 aromatic carbocycles. The zero-order valence-electron chi connectivity index (χ0n) is 12.4. The summed E-state index contributed by atoms with van der Waals surface area (Å²) in [7, 11) is 1.67. The first kappa shape index (κ1) is 13.6. The number of nitrogens with one attached hydrogen (secondary N) is 2. The molecule has 0 spiro atoms. The lowest BCUT2D eigenvalue weighted by atomic mass is 9.91. The first-order chi connectivity index (χ1) is 9.72. The number of carbonyl (C=O) groups is 1. The minimum absolute atomic E-state index is 0.0590. The van der Waals surface area contributed by atoms with E-state index in [1.165, 1.54) is 18.5 Å². The summed E-state index contributed by atoms with van der Waals surface area (Å²) in [5.41, 5.74) is 3.04. The minimum atomic E-state index is -0.0590. The summed E-state index contributed by atoms with van der Waals surface area (Å²) in [6.07, 6.45) is 5.86. The molecule has 1 aromatic rings. The van der Waals surface area contributed by atoms with Crippen molar-refractivity contribution in [2.75, 3.05) is 13.6 Å². The first-order valence-corrected chi connectivity index (χ1v) is 7.77. The lowest BCUT2D eigenvalue weighted by Crippen LogP contribution is -2.36. The molecule has 1 aromatic heterocycles. The third-order valence-corrected chi connectivity index (χ3v) is 4.48. The van der Waals surface area contributed by atoms with Gasteiger partial charge in [-0.15, -0.1) is 0 Å². The van der Waals surface area contributed by atoms with Gasteiger partial charge < -0.3 is 10.6 Å². The first-order valence-electron chi connectivity index (χ1n) is 7.77. The maximum Gasteiger partial charge on any atom is 0.271 e. The van der Waals surface area contributed by atoms with E-state index in [2.05, 4.69) is 22.7 Å². The predicted molar refractivity (Wildman–Crippen MR) is 77.8 cm³/mol. The van der Waals surface area contributed by atoms with E-state index in [0.717, 1.165) is 43.8 Å². The molecule has 0 aliphatic heterocycles. The van der Waals surface area contributed by atoms with Crippen molar-refractivity contribution in [3.8, 4) is 0 Å². The Morgan fingerprint density at radius 1 is 1.40 bits per heavy atom. The standard InChI is InChI=1S/C15H24N4O/c1-3-19-13-7-6-11(17-9-10-4-5-10)8-12(13)14(18-19)15(20)16-2/h10-11,17H,3-9H2,1-2H3,(H,16,20).